The SMILES string of the molecule is CNC1CCC(Nc2ncc3nc(Nc4ccc(F)cc4F)n(C4CCC(NC(C)=O)CC4)c3n2)CC1. The van der Waals surface area contributed by atoms with Crippen LogP contribution in [0.1, 0.15) is 64.3 Å². The molecule has 0 atom stereocenters. The quantitative estimate of drug-likeness (QED) is 0.371. The number of nitrogens with one attached hydrogen (secondary N) is 4. The van der Waals surface area contributed by atoms with Crippen LogP contribution in [0.25, 0.3) is 11.2 Å². The number of aromatic nitrogens is 4. The van der Waals surface area contributed by atoms with Crippen LogP contribution >= 0.6 is 0 Å². The van der Waals surface area contributed by atoms with Gasteiger partial charge in [0.05, 0.1) is 11.9 Å². The van der Waals surface area contributed by atoms with Crippen molar-refractivity contribution in [2.75, 3.05) is 17.7 Å². The van der Waals surface area contributed by atoms with Crippen molar-refractivity contribution < 1.29 is 13.6 Å². The van der Waals surface area contributed by atoms with Crippen molar-refractivity contribution in [3.05, 3.63) is 36.0 Å². The molecule has 0 spiro atoms. The maximum Gasteiger partial charge on any atom is 0.224 e. The van der Waals surface area contributed by atoms with Gasteiger partial charge in [-0.25, -0.2) is 18.7 Å². The highest BCUT2D eigenvalue weighted by Gasteiger charge is 2.28. The average molecular weight is 513 g/mol. The third kappa shape index (κ3) is 5.82. The molecule has 2 saturated carbocycles. The molecule has 0 saturated heterocycles. The van der Waals surface area contributed by atoms with Gasteiger partial charge in [0, 0.05) is 37.2 Å². The fraction of sp³-hybridized carbons (Fsp3) is 0.538. The molecule has 11 heteroatoms. The van der Waals surface area contributed by atoms with E-state index in [2.05, 4.69) is 31.2 Å². The molecule has 1 aromatic carbocycles. The van der Waals surface area contributed by atoms with Crippen molar-refractivity contribution in [1.82, 2.24) is 30.2 Å². The Kier molecular flexibility index (Phi) is 7.50. The van der Waals surface area contributed by atoms with E-state index in [-0.39, 0.29) is 23.7 Å². The number of rotatable bonds is 7. The van der Waals surface area contributed by atoms with E-state index in [4.69, 9.17) is 4.98 Å². The maximum absolute atomic E-state index is 14.5. The fourth-order valence-corrected chi connectivity index (χ4v) is 5.58. The molecule has 198 valence electrons. The standard InChI is InChI=1S/C26H34F2N8O/c1-15(37)31-18-8-10-20(11-9-18)36-24-23(34-26(36)33-22-12-3-16(27)13-21(22)28)14-30-25(35-24)32-19-6-4-17(29-2)5-7-19/h3,12-14,17-20,29H,4-11H2,1-2H3,(H,31,37)(H,33,34)(H,30,32,35). The molecule has 5 rings (SSSR count). The van der Waals surface area contributed by atoms with Crippen molar-refractivity contribution in [3.63, 3.8) is 0 Å². The number of carbonyl (C=O) groups excluding carboxylic acids is 1. The maximum atomic E-state index is 14.5. The van der Waals surface area contributed by atoms with Gasteiger partial charge in [-0.1, -0.05) is 0 Å². The Morgan fingerprint density at radius 3 is 2.35 bits per heavy atom. The second kappa shape index (κ2) is 11.0. The first kappa shape index (κ1) is 25.3. The smallest absolute Gasteiger partial charge is 0.224 e. The molecule has 0 aliphatic heterocycles. The normalized spacial score (nSPS) is 24.1. The highest BCUT2D eigenvalue weighted by molar-refractivity contribution is 5.77. The molecule has 2 fully saturated rings. The summed E-state index contributed by atoms with van der Waals surface area (Å²) in [5.74, 6) is -0.382. The molecule has 1 amide bonds. The van der Waals surface area contributed by atoms with Gasteiger partial charge in [0.15, 0.2) is 5.65 Å². The number of anilines is 3. The molecule has 0 unspecified atom stereocenters. The summed E-state index contributed by atoms with van der Waals surface area (Å²) in [6.45, 7) is 1.53. The minimum Gasteiger partial charge on any atom is -0.354 e. The third-order valence-corrected chi connectivity index (χ3v) is 7.55. The lowest BCUT2D eigenvalue weighted by Crippen LogP contribution is -2.36. The van der Waals surface area contributed by atoms with Crippen LogP contribution < -0.4 is 21.3 Å². The lowest BCUT2D eigenvalue weighted by Gasteiger charge is -2.31. The summed E-state index contributed by atoms with van der Waals surface area (Å²) in [4.78, 5) is 25.6. The minimum atomic E-state index is -0.696. The second-order valence-corrected chi connectivity index (χ2v) is 10.1. The van der Waals surface area contributed by atoms with E-state index in [0.717, 1.165) is 57.4 Å². The topological polar surface area (TPSA) is 109 Å². The largest absolute Gasteiger partial charge is 0.354 e. The molecule has 2 aliphatic rings. The number of benzene rings is 1. The van der Waals surface area contributed by atoms with Crippen molar-refractivity contribution in [2.24, 2.45) is 0 Å². The van der Waals surface area contributed by atoms with Gasteiger partial charge in [0.2, 0.25) is 17.8 Å². The summed E-state index contributed by atoms with van der Waals surface area (Å²) in [7, 11) is 2.00. The van der Waals surface area contributed by atoms with Crippen LogP contribution in [0.5, 0.6) is 0 Å². The number of hydrogen-bond acceptors (Lipinski definition) is 7. The molecule has 0 radical (unpaired) electrons. The van der Waals surface area contributed by atoms with E-state index >= 15 is 0 Å². The summed E-state index contributed by atoms with van der Waals surface area (Å²) in [6.07, 6.45) is 9.21. The van der Waals surface area contributed by atoms with Crippen LogP contribution in [-0.2, 0) is 4.79 Å². The van der Waals surface area contributed by atoms with Gasteiger partial charge in [-0.15, -0.1) is 0 Å². The van der Waals surface area contributed by atoms with Crippen molar-refractivity contribution in [2.45, 2.75) is 82.5 Å². The summed E-state index contributed by atoms with van der Waals surface area (Å²) in [5.41, 5.74) is 1.39. The Balaban J connectivity index is 1.44. The first-order valence-electron chi connectivity index (χ1n) is 13.1. The fourth-order valence-electron chi connectivity index (χ4n) is 5.58. The zero-order valence-electron chi connectivity index (χ0n) is 21.2. The molecular formula is C26H34F2N8O. The monoisotopic (exact) mass is 512 g/mol. The van der Waals surface area contributed by atoms with Gasteiger partial charge in [0.25, 0.3) is 0 Å². The van der Waals surface area contributed by atoms with E-state index in [0.29, 0.717) is 35.1 Å². The number of hydrogen-bond donors (Lipinski definition) is 4. The zero-order chi connectivity index (χ0) is 25.9. The number of amides is 1. The molecule has 3 aromatic rings. The first-order chi connectivity index (χ1) is 17.9. The third-order valence-electron chi connectivity index (χ3n) is 7.55. The lowest BCUT2D eigenvalue weighted by atomic mass is 9.91. The number of carbonyl (C=O) groups is 1. The highest BCUT2D eigenvalue weighted by atomic mass is 19.1. The van der Waals surface area contributed by atoms with Crippen molar-refractivity contribution in [3.8, 4) is 0 Å². The second-order valence-electron chi connectivity index (χ2n) is 10.1. The molecule has 2 aliphatic carbocycles. The van der Waals surface area contributed by atoms with E-state index in [1.165, 1.54) is 19.1 Å². The molecule has 2 aromatic heterocycles. The lowest BCUT2D eigenvalue weighted by molar-refractivity contribution is -0.119. The Bertz CT molecular complexity index is 1250. The van der Waals surface area contributed by atoms with Gasteiger partial charge in [-0.2, -0.15) is 4.98 Å². The average Bonchev–Trinajstić information content (AvgIpc) is 3.23. The number of halogens is 2. The predicted octanol–water partition coefficient (Wildman–Crippen LogP) is 4.41. The van der Waals surface area contributed by atoms with Gasteiger partial charge in [0.1, 0.15) is 17.2 Å². The van der Waals surface area contributed by atoms with E-state index in [1.807, 2.05) is 11.6 Å². The summed E-state index contributed by atoms with van der Waals surface area (Å²) in [5, 5.41) is 12.9. The van der Waals surface area contributed by atoms with Crippen LogP contribution in [0.15, 0.2) is 24.4 Å². The van der Waals surface area contributed by atoms with Gasteiger partial charge in [-0.05, 0) is 70.5 Å². The van der Waals surface area contributed by atoms with Crippen LogP contribution in [0.2, 0.25) is 0 Å². The molecule has 37 heavy (non-hydrogen) atoms. The zero-order valence-corrected chi connectivity index (χ0v) is 21.2. The van der Waals surface area contributed by atoms with Crippen LogP contribution in [0.4, 0.5) is 26.4 Å². The highest BCUT2D eigenvalue weighted by Crippen LogP contribution is 2.35. The number of imidazole rings is 1. The van der Waals surface area contributed by atoms with Crippen LogP contribution in [0.3, 0.4) is 0 Å². The molecule has 4 N–H and O–H groups in total. The predicted molar refractivity (Wildman–Crippen MR) is 139 cm³/mol. The van der Waals surface area contributed by atoms with E-state index in [1.54, 1.807) is 6.20 Å². The van der Waals surface area contributed by atoms with Crippen molar-refractivity contribution in [1.29, 1.82) is 0 Å². The Morgan fingerprint density at radius 1 is 0.973 bits per heavy atom. The van der Waals surface area contributed by atoms with Gasteiger partial charge < -0.3 is 21.3 Å². The molecule has 2 heterocycles. The number of nitrogens with zero attached hydrogens (tertiary/aromatic N) is 4. The van der Waals surface area contributed by atoms with Crippen LogP contribution in [0, 0.1) is 11.6 Å². The Morgan fingerprint density at radius 2 is 1.68 bits per heavy atom. The molecule has 9 nitrogen and oxygen atoms in total. The van der Waals surface area contributed by atoms with Crippen molar-refractivity contribution >= 4 is 34.7 Å². The van der Waals surface area contributed by atoms with E-state index < -0.39 is 11.6 Å². The van der Waals surface area contributed by atoms with E-state index in [9.17, 15) is 13.6 Å². The molecule has 0 bridgehead atoms. The first-order valence-corrected chi connectivity index (χ1v) is 13.1. The Hall–Kier alpha value is -3.34. The van der Waals surface area contributed by atoms with Crippen LogP contribution in [-0.4, -0.2) is 50.6 Å². The molecular weight excluding hydrogens is 478 g/mol. The minimum absolute atomic E-state index is 0.0297. The summed E-state index contributed by atoms with van der Waals surface area (Å²) in [6, 6.07) is 4.46. The Labute approximate surface area is 214 Å². The van der Waals surface area contributed by atoms with Gasteiger partial charge in [-0.3, -0.25) is 9.36 Å². The summed E-state index contributed by atoms with van der Waals surface area (Å²) < 4.78 is 30.0. The van der Waals surface area contributed by atoms with Gasteiger partial charge >= 0.3 is 0 Å². The number of fused-ring (bicyclic) bond motifs is 1. The summed E-state index contributed by atoms with van der Waals surface area (Å²) >= 11 is 0.